The monoisotopic (exact) mass is 354 g/mol. The summed E-state index contributed by atoms with van der Waals surface area (Å²) in [5.74, 6) is -23.1. The van der Waals surface area contributed by atoms with E-state index in [-0.39, 0.29) is 0 Å². The molecule has 0 aromatic rings. The van der Waals surface area contributed by atoms with Gasteiger partial charge in [-0.1, -0.05) is 11.6 Å². The molecule has 0 amide bonds. The highest BCUT2D eigenvalue weighted by Gasteiger charge is 2.90. The van der Waals surface area contributed by atoms with E-state index in [9.17, 15) is 57.1 Å². The van der Waals surface area contributed by atoms with Gasteiger partial charge >= 0.3 is 35.2 Å². The predicted molar refractivity (Wildman–Crippen MR) is 36.6 cm³/mol. The first-order valence-corrected chi connectivity index (χ1v) is 4.27. The molecule has 0 heterocycles. The Kier molecular flexibility index (Phi) is 4.30. The molecule has 0 saturated carbocycles. The first-order valence-electron chi connectivity index (χ1n) is 3.90. The zero-order valence-corrected chi connectivity index (χ0v) is 9.05. The Labute approximate surface area is 105 Å². The van der Waals surface area contributed by atoms with E-state index in [4.69, 9.17) is 0 Å². The summed E-state index contributed by atoms with van der Waals surface area (Å²) >= 11 is 3.42. The Morgan fingerprint density at radius 2 is 0.700 bits per heavy atom. The van der Waals surface area contributed by atoms with Crippen LogP contribution in [0.3, 0.4) is 0 Å². The zero-order valence-electron chi connectivity index (χ0n) is 8.29. The van der Waals surface area contributed by atoms with Crippen molar-refractivity contribution in [3.05, 3.63) is 0 Å². The molecule has 1 unspecified atom stereocenters. The van der Waals surface area contributed by atoms with E-state index in [2.05, 4.69) is 11.6 Å². The van der Waals surface area contributed by atoms with Gasteiger partial charge in [-0.15, -0.1) is 0 Å². The molecule has 0 aliphatic carbocycles. The second-order valence-electron chi connectivity index (χ2n) is 3.29. The molecule has 0 bridgehead atoms. The molecule has 0 nitrogen and oxygen atoms in total. The minimum absolute atomic E-state index is 3.42. The summed E-state index contributed by atoms with van der Waals surface area (Å²) in [4.78, 5) is 0. The number of hydrogen-bond donors (Lipinski definition) is 0. The molecular weight excluding hydrogens is 354 g/mol. The minimum atomic E-state index is -7.80. The van der Waals surface area contributed by atoms with Crippen LogP contribution in [0.5, 0.6) is 0 Å². The number of alkyl halides is 14. The molecule has 0 radical (unpaired) electrons. The maximum atomic E-state index is 12.5. The summed E-state index contributed by atoms with van der Waals surface area (Å²) in [7, 11) is 0. The first-order chi connectivity index (χ1) is 8.25. The van der Waals surface area contributed by atoms with Crippen LogP contribution >= 0.6 is 11.6 Å². The molecule has 20 heavy (non-hydrogen) atoms. The topological polar surface area (TPSA) is 0 Å². The van der Waals surface area contributed by atoms with Gasteiger partial charge in [0.2, 0.25) is 0 Å². The van der Waals surface area contributed by atoms with Crippen molar-refractivity contribution in [3.8, 4) is 0 Å². The van der Waals surface area contributed by atoms with Gasteiger partial charge in [-0.3, -0.25) is 0 Å². The van der Waals surface area contributed by atoms with E-state index < -0.39 is 35.2 Å². The van der Waals surface area contributed by atoms with E-state index in [1.165, 1.54) is 0 Å². The van der Waals surface area contributed by atoms with Gasteiger partial charge in [0.25, 0.3) is 0 Å². The first kappa shape index (κ1) is 19.4. The molecule has 1 atom stereocenters. The average molecular weight is 354 g/mol. The smallest absolute Gasteiger partial charge is 0.209 e. The van der Waals surface area contributed by atoms with Crippen molar-refractivity contribution in [1.82, 2.24) is 0 Å². The average Bonchev–Trinajstić information content (AvgIpc) is 2.12. The van der Waals surface area contributed by atoms with Crippen molar-refractivity contribution in [2.75, 3.05) is 0 Å². The van der Waals surface area contributed by atoms with Crippen molar-refractivity contribution in [1.29, 1.82) is 0 Å². The van der Waals surface area contributed by atoms with Gasteiger partial charge in [-0.05, 0) is 0 Å². The predicted octanol–water partition coefficient (Wildman–Crippen LogP) is 4.92. The Balaban J connectivity index is 6.08. The SMILES string of the molecule is FC(F)(F)C(F)(F)C(F)(F)C(F)(F)C(F)(Cl)C(F)(F)F. The van der Waals surface area contributed by atoms with Crippen LogP contribution in [-0.4, -0.2) is 35.2 Å². The van der Waals surface area contributed by atoms with Gasteiger partial charge < -0.3 is 0 Å². The van der Waals surface area contributed by atoms with E-state index in [0.29, 0.717) is 0 Å². The number of hydrogen-bond acceptors (Lipinski definition) is 0. The normalized spacial score (nSPS) is 18.9. The molecule has 14 heteroatoms. The van der Waals surface area contributed by atoms with Gasteiger partial charge in [0.05, 0.1) is 0 Å². The van der Waals surface area contributed by atoms with Gasteiger partial charge in [0.1, 0.15) is 0 Å². The molecule has 0 N–H and O–H groups in total. The van der Waals surface area contributed by atoms with Crippen LogP contribution < -0.4 is 0 Å². The number of halogens is 14. The fraction of sp³-hybridized carbons (Fsp3) is 1.00. The van der Waals surface area contributed by atoms with Crippen molar-refractivity contribution in [2.24, 2.45) is 0 Å². The fourth-order valence-corrected chi connectivity index (χ4v) is 0.869. The highest BCUT2D eigenvalue weighted by Crippen LogP contribution is 2.61. The van der Waals surface area contributed by atoms with Crippen molar-refractivity contribution in [2.45, 2.75) is 35.2 Å². The third-order valence-corrected chi connectivity index (χ3v) is 2.35. The highest BCUT2D eigenvalue weighted by atomic mass is 35.5. The van der Waals surface area contributed by atoms with E-state index >= 15 is 0 Å². The maximum Gasteiger partial charge on any atom is 0.460 e. The second kappa shape index (κ2) is 4.44. The van der Waals surface area contributed by atoms with Crippen LogP contribution in [0.2, 0.25) is 0 Å². The van der Waals surface area contributed by atoms with Crippen LogP contribution in [0.4, 0.5) is 57.1 Å². The van der Waals surface area contributed by atoms with E-state index in [0.717, 1.165) is 0 Å². The molecule has 0 fully saturated rings. The molecule has 0 saturated heterocycles. The molecule has 0 rings (SSSR count). The molecule has 0 aliphatic heterocycles. The molecule has 0 spiro atoms. The van der Waals surface area contributed by atoms with Crippen LogP contribution in [0, 0.1) is 0 Å². The Bertz CT molecular complexity index is 324. The largest absolute Gasteiger partial charge is 0.460 e. The summed E-state index contributed by atoms with van der Waals surface area (Å²) in [6.07, 6.45) is -14.4. The van der Waals surface area contributed by atoms with E-state index in [1.807, 2.05) is 0 Å². The summed E-state index contributed by atoms with van der Waals surface area (Å²) in [6.45, 7) is 0. The molecule has 0 aromatic heterocycles. The lowest BCUT2D eigenvalue weighted by Crippen LogP contribution is -2.69. The molecule has 122 valence electrons. The Morgan fingerprint density at radius 1 is 0.400 bits per heavy atom. The van der Waals surface area contributed by atoms with Crippen molar-refractivity contribution < 1.29 is 57.1 Å². The summed E-state index contributed by atoms with van der Waals surface area (Å²) in [5, 5.41) is -6.85. The Morgan fingerprint density at radius 3 is 0.900 bits per heavy atom. The van der Waals surface area contributed by atoms with Gasteiger partial charge in [0, 0.05) is 0 Å². The maximum absolute atomic E-state index is 12.5. The van der Waals surface area contributed by atoms with Gasteiger partial charge in [-0.2, -0.15) is 52.7 Å². The standard InChI is InChI=1S/C6ClF13/c7-1(8,5(15,16)17)2(9,10)3(11,12)4(13,14)6(18,19)20. The van der Waals surface area contributed by atoms with Crippen molar-refractivity contribution in [3.63, 3.8) is 0 Å². The molecule has 0 aliphatic rings. The van der Waals surface area contributed by atoms with Gasteiger partial charge in [-0.25, -0.2) is 4.39 Å². The number of rotatable bonds is 3. The van der Waals surface area contributed by atoms with Crippen LogP contribution in [0.1, 0.15) is 0 Å². The van der Waals surface area contributed by atoms with Crippen LogP contribution in [0.25, 0.3) is 0 Å². The lowest BCUT2D eigenvalue weighted by Gasteiger charge is -2.38. The fourth-order valence-electron chi connectivity index (χ4n) is 0.750. The summed E-state index contributed by atoms with van der Waals surface area (Å²) in [5.41, 5.74) is 0. The van der Waals surface area contributed by atoms with Crippen LogP contribution in [-0.2, 0) is 0 Å². The second-order valence-corrected chi connectivity index (χ2v) is 3.81. The lowest BCUT2D eigenvalue weighted by molar-refractivity contribution is -0.420. The van der Waals surface area contributed by atoms with Crippen molar-refractivity contribution >= 4 is 11.6 Å². The van der Waals surface area contributed by atoms with E-state index in [1.54, 1.807) is 0 Å². The zero-order chi connectivity index (χ0) is 17.0. The summed E-state index contributed by atoms with van der Waals surface area (Å²) in [6, 6.07) is 0. The Hall–Kier alpha value is -0.620. The third-order valence-electron chi connectivity index (χ3n) is 1.90. The molecule has 0 aromatic carbocycles. The lowest BCUT2D eigenvalue weighted by atomic mass is 9.99. The third kappa shape index (κ3) is 2.37. The highest BCUT2D eigenvalue weighted by molar-refractivity contribution is 6.24. The quantitative estimate of drug-likeness (QED) is 0.498. The van der Waals surface area contributed by atoms with Crippen LogP contribution in [0.15, 0.2) is 0 Å². The van der Waals surface area contributed by atoms with Gasteiger partial charge in [0.15, 0.2) is 0 Å². The molecular formula is C6ClF13. The minimum Gasteiger partial charge on any atom is -0.209 e. The summed E-state index contributed by atoms with van der Waals surface area (Å²) < 4.78 is 157.